The number of aromatic nitrogens is 3. The summed E-state index contributed by atoms with van der Waals surface area (Å²) in [6.07, 6.45) is 11.9. The maximum Gasteiger partial charge on any atom is 0.247 e. The SMILES string of the molecule is CC(NC1=CC(c2cccc3nc(Nc4ccc(OCCN5CCCC5)cc4)nn23)C(C)C=C1)=C1CC1. The summed E-state index contributed by atoms with van der Waals surface area (Å²) >= 11 is 0. The lowest BCUT2D eigenvalue weighted by Gasteiger charge is -2.24. The standard InChI is InChI=1S/C30H36N6O/c1-21-8-11-25(31-22(2)23-9-10-23)20-27(21)28-6-5-7-29-33-30(34-36(28)29)32-24-12-14-26(15-13-24)37-19-18-35-16-3-4-17-35/h5-8,11-15,20-21,27,31H,3-4,9-10,16-19H2,1-2H3,(H,32,34). The van der Waals surface area contributed by atoms with E-state index in [9.17, 15) is 0 Å². The Bertz CT molecular complexity index is 1340. The largest absolute Gasteiger partial charge is 0.492 e. The highest BCUT2D eigenvalue weighted by Gasteiger charge is 2.23. The predicted octanol–water partition coefficient (Wildman–Crippen LogP) is 5.78. The number of likely N-dealkylation sites (tertiary alicyclic amines) is 1. The molecule has 192 valence electrons. The van der Waals surface area contributed by atoms with E-state index in [1.807, 2.05) is 34.8 Å². The van der Waals surface area contributed by atoms with E-state index < -0.39 is 0 Å². The second kappa shape index (κ2) is 10.4. The molecule has 1 aliphatic heterocycles. The van der Waals surface area contributed by atoms with E-state index in [1.54, 1.807) is 0 Å². The minimum absolute atomic E-state index is 0.208. The van der Waals surface area contributed by atoms with Crippen LogP contribution in [0, 0.1) is 5.92 Å². The van der Waals surface area contributed by atoms with E-state index in [2.05, 4.69) is 59.7 Å². The van der Waals surface area contributed by atoms with Crippen LogP contribution in [-0.4, -0.2) is 45.7 Å². The summed E-state index contributed by atoms with van der Waals surface area (Å²) in [4.78, 5) is 7.21. The van der Waals surface area contributed by atoms with Crippen LogP contribution in [0.3, 0.4) is 0 Å². The molecule has 0 bridgehead atoms. The number of rotatable bonds is 9. The third-order valence-electron chi connectivity index (χ3n) is 7.58. The summed E-state index contributed by atoms with van der Waals surface area (Å²) in [6.45, 7) is 8.54. The molecule has 1 saturated heterocycles. The number of nitrogens with one attached hydrogen (secondary N) is 2. The Hall–Kier alpha value is -3.58. The lowest BCUT2D eigenvalue weighted by molar-refractivity contribution is 0.238. The number of nitrogens with zero attached hydrogens (tertiary/aromatic N) is 4. The van der Waals surface area contributed by atoms with Gasteiger partial charge in [-0.25, -0.2) is 4.52 Å². The number of pyridine rings is 1. The summed E-state index contributed by atoms with van der Waals surface area (Å²) in [5.41, 5.74) is 6.87. The Labute approximate surface area is 218 Å². The molecule has 7 heteroatoms. The second-order valence-electron chi connectivity index (χ2n) is 10.4. The quantitative estimate of drug-likeness (QED) is 0.392. The van der Waals surface area contributed by atoms with Crippen LogP contribution in [0.1, 0.15) is 51.1 Å². The second-order valence-corrected chi connectivity index (χ2v) is 10.4. The van der Waals surface area contributed by atoms with Crippen LogP contribution in [0.15, 0.2) is 77.7 Å². The molecular formula is C30H36N6O. The number of fused-ring (bicyclic) bond motifs is 1. The maximum absolute atomic E-state index is 5.94. The fraction of sp³-hybridized carbons (Fsp3) is 0.400. The molecule has 2 unspecified atom stereocenters. The van der Waals surface area contributed by atoms with E-state index in [1.165, 1.54) is 50.0 Å². The highest BCUT2D eigenvalue weighted by molar-refractivity contribution is 5.57. The number of hydrogen-bond acceptors (Lipinski definition) is 6. The molecule has 2 aliphatic carbocycles. The van der Waals surface area contributed by atoms with Gasteiger partial charge in [0.25, 0.3) is 0 Å². The first kappa shape index (κ1) is 23.8. The van der Waals surface area contributed by atoms with Crippen LogP contribution in [-0.2, 0) is 0 Å². The van der Waals surface area contributed by atoms with Crippen molar-refractivity contribution >= 4 is 17.3 Å². The summed E-state index contributed by atoms with van der Waals surface area (Å²) in [6, 6.07) is 14.3. The summed E-state index contributed by atoms with van der Waals surface area (Å²) in [5.74, 6) is 2.05. The molecule has 2 atom stereocenters. The van der Waals surface area contributed by atoms with Gasteiger partial charge in [-0.1, -0.05) is 30.7 Å². The number of benzene rings is 1. The van der Waals surface area contributed by atoms with Gasteiger partial charge in [-0.15, -0.1) is 5.10 Å². The van der Waals surface area contributed by atoms with Crippen LogP contribution >= 0.6 is 0 Å². The van der Waals surface area contributed by atoms with E-state index in [4.69, 9.17) is 14.8 Å². The smallest absolute Gasteiger partial charge is 0.247 e. The molecule has 0 radical (unpaired) electrons. The maximum atomic E-state index is 5.94. The van der Waals surface area contributed by atoms with E-state index in [-0.39, 0.29) is 5.92 Å². The van der Waals surface area contributed by atoms with E-state index >= 15 is 0 Å². The lowest BCUT2D eigenvalue weighted by Crippen LogP contribution is -2.25. The van der Waals surface area contributed by atoms with Gasteiger partial charge in [0, 0.05) is 29.5 Å². The Morgan fingerprint density at radius 3 is 2.68 bits per heavy atom. The van der Waals surface area contributed by atoms with Gasteiger partial charge in [0.05, 0.1) is 5.69 Å². The van der Waals surface area contributed by atoms with Crippen molar-refractivity contribution in [1.29, 1.82) is 0 Å². The topological polar surface area (TPSA) is 66.7 Å². The summed E-state index contributed by atoms with van der Waals surface area (Å²) < 4.78 is 7.91. The van der Waals surface area contributed by atoms with Crippen molar-refractivity contribution in [3.05, 3.63) is 83.4 Å². The fourth-order valence-electron chi connectivity index (χ4n) is 5.25. The van der Waals surface area contributed by atoms with E-state index in [0.29, 0.717) is 11.9 Å². The molecule has 2 fully saturated rings. The highest BCUT2D eigenvalue weighted by atomic mass is 16.5. The van der Waals surface area contributed by atoms with Gasteiger partial charge in [-0.05, 0) is 94.1 Å². The van der Waals surface area contributed by atoms with Crippen molar-refractivity contribution in [1.82, 2.24) is 24.8 Å². The lowest BCUT2D eigenvalue weighted by atomic mass is 9.86. The number of anilines is 2. The normalized spacial score (nSPS) is 21.2. The average Bonchev–Trinajstić information content (AvgIpc) is 3.48. The summed E-state index contributed by atoms with van der Waals surface area (Å²) in [5, 5.41) is 11.8. The fourth-order valence-corrected chi connectivity index (χ4v) is 5.25. The van der Waals surface area contributed by atoms with Crippen molar-refractivity contribution < 1.29 is 4.74 Å². The van der Waals surface area contributed by atoms with Crippen LogP contribution in [0.5, 0.6) is 5.75 Å². The third kappa shape index (κ3) is 5.57. The number of ether oxygens (including phenoxy) is 1. The molecule has 0 amide bonds. The first-order valence-corrected chi connectivity index (χ1v) is 13.6. The Morgan fingerprint density at radius 2 is 1.89 bits per heavy atom. The van der Waals surface area contributed by atoms with Crippen molar-refractivity contribution in [3.63, 3.8) is 0 Å². The predicted molar refractivity (Wildman–Crippen MR) is 148 cm³/mol. The molecule has 2 N–H and O–H groups in total. The molecule has 6 rings (SSSR count). The minimum Gasteiger partial charge on any atom is -0.492 e. The molecule has 3 aliphatic rings. The van der Waals surface area contributed by atoms with Crippen molar-refractivity contribution in [2.75, 3.05) is 31.6 Å². The van der Waals surface area contributed by atoms with E-state index in [0.717, 1.165) is 41.6 Å². The Morgan fingerprint density at radius 1 is 1.08 bits per heavy atom. The molecule has 2 aromatic heterocycles. The van der Waals surface area contributed by atoms with Gasteiger partial charge >= 0.3 is 0 Å². The van der Waals surface area contributed by atoms with Crippen molar-refractivity contribution in [2.24, 2.45) is 5.92 Å². The molecule has 37 heavy (non-hydrogen) atoms. The van der Waals surface area contributed by atoms with Gasteiger partial charge in [0.1, 0.15) is 12.4 Å². The van der Waals surface area contributed by atoms with Gasteiger partial charge in [-0.2, -0.15) is 4.98 Å². The van der Waals surface area contributed by atoms with Crippen LogP contribution < -0.4 is 15.4 Å². The molecule has 7 nitrogen and oxygen atoms in total. The third-order valence-corrected chi connectivity index (χ3v) is 7.58. The van der Waals surface area contributed by atoms with Crippen molar-refractivity contribution in [3.8, 4) is 5.75 Å². The molecule has 1 aromatic carbocycles. The first-order valence-electron chi connectivity index (χ1n) is 13.6. The Balaban J connectivity index is 1.15. The van der Waals surface area contributed by atoms with Gasteiger partial charge in [-0.3, -0.25) is 4.90 Å². The molecule has 0 spiro atoms. The monoisotopic (exact) mass is 496 g/mol. The zero-order valence-corrected chi connectivity index (χ0v) is 21.8. The molecule has 1 saturated carbocycles. The van der Waals surface area contributed by atoms with Gasteiger partial charge in [0.2, 0.25) is 5.95 Å². The van der Waals surface area contributed by atoms with Gasteiger partial charge in [0.15, 0.2) is 5.65 Å². The zero-order chi connectivity index (χ0) is 25.2. The highest BCUT2D eigenvalue weighted by Crippen LogP contribution is 2.34. The van der Waals surface area contributed by atoms with Crippen LogP contribution in [0.2, 0.25) is 0 Å². The average molecular weight is 497 g/mol. The minimum atomic E-state index is 0.208. The zero-order valence-electron chi connectivity index (χ0n) is 21.8. The molecule has 3 heterocycles. The number of hydrogen-bond donors (Lipinski definition) is 2. The molecule has 3 aromatic rings. The van der Waals surface area contributed by atoms with Crippen molar-refractivity contribution in [2.45, 2.75) is 45.4 Å². The summed E-state index contributed by atoms with van der Waals surface area (Å²) in [7, 11) is 0. The van der Waals surface area contributed by atoms with Crippen LogP contribution in [0.25, 0.3) is 5.65 Å². The Kier molecular flexibility index (Phi) is 6.70. The van der Waals surface area contributed by atoms with Crippen LogP contribution in [0.4, 0.5) is 11.6 Å². The molecular weight excluding hydrogens is 460 g/mol. The van der Waals surface area contributed by atoms with Gasteiger partial charge < -0.3 is 15.4 Å². The first-order chi connectivity index (χ1) is 18.1. The number of allylic oxidation sites excluding steroid dienone is 5.